The van der Waals surface area contributed by atoms with Crippen LogP contribution in [0.1, 0.15) is 19.3 Å². The minimum absolute atomic E-state index is 0.0972. The minimum Gasteiger partial charge on any atom is -0.378 e. The van der Waals surface area contributed by atoms with Gasteiger partial charge in [0.15, 0.2) is 0 Å². The van der Waals surface area contributed by atoms with Crippen LogP contribution in [0.15, 0.2) is 6.33 Å². The van der Waals surface area contributed by atoms with Crippen LogP contribution >= 0.6 is 0 Å². The Labute approximate surface area is 106 Å². The van der Waals surface area contributed by atoms with Crippen molar-refractivity contribution in [3.05, 3.63) is 6.33 Å². The fourth-order valence-electron chi connectivity index (χ4n) is 1.88. The number of aromatic nitrogens is 3. The number of aryl methyl sites for hydroxylation is 1. The molecule has 7 nitrogen and oxygen atoms in total. The van der Waals surface area contributed by atoms with E-state index in [1.807, 2.05) is 0 Å². The van der Waals surface area contributed by atoms with E-state index >= 15 is 0 Å². The van der Waals surface area contributed by atoms with Gasteiger partial charge in [-0.05, 0) is 25.9 Å². The largest absolute Gasteiger partial charge is 0.378 e. The number of ether oxygens (including phenoxy) is 1. The highest BCUT2D eigenvalue weighted by molar-refractivity contribution is 5.88. The van der Waals surface area contributed by atoms with E-state index in [9.17, 15) is 4.79 Å². The summed E-state index contributed by atoms with van der Waals surface area (Å²) in [6.07, 6.45) is 4.07. The second kappa shape index (κ2) is 6.46. The van der Waals surface area contributed by atoms with Crippen LogP contribution in [0.25, 0.3) is 0 Å². The van der Waals surface area contributed by atoms with E-state index in [2.05, 4.69) is 20.7 Å². The first kappa shape index (κ1) is 13.0. The lowest BCUT2D eigenvalue weighted by Gasteiger charge is -2.22. The molecule has 1 aromatic rings. The average Bonchev–Trinajstić information content (AvgIpc) is 2.76. The molecule has 0 radical (unpaired) electrons. The van der Waals surface area contributed by atoms with E-state index in [1.165, 1.54) is 11.0 Å². The van der Waals surface area contributed by atoms with Crippen LogP contribution < -0.4 is 10.6 Å². The van der Waals surface area contributed by atoms with Crippen molar-refractivity contribution in [1.82, 2.24) is 20.1 Å². The Hall–Kier alpha value is -1.47. The van der Waals surface area contributed by atoms with Gasteiger partial charge in [0, 0.05) is 7.05 Å². The molecule has 1 aliphatic heterocycles. The fourth-order valence-corrected chi connectivity index (χ4v) is 1.88. The maximum atomic E-state index is 11.6. The van der Waals surface area contributed by atoms with E-state index in [0.29, 0.717) is 19.0 Å². The Kier molecular flexibility index (Phi) is 4.66. The molecule has 0 saturated carbocycles. The van der Waals surface area contributed by atoms with Crippen molar-refractivity contribution in [3.63, 3.8) is 0 Å². The molecule has 0 aliphatic carbocycles. The minimum atomic E-state index is -0.0972. The molecule has 0 bridgehead atoms. The number of amides is 1. The summed E-state index contributed by atoms with van der Waals surface area (Å²) in [4.78, 5) is 15.5. The van der Waals surface area contributed by atoms with Crippen molar-refractivity contribution in [2.24, 2.45) is 7.05 Å². The van der Waals surface area contributed by atoms with Crippen LogP contribution in [0.4, 0.5) is 5.95 Å². The van der Waals surface area contributed by atoms with Gasteiger partial charge in [0.25, 0.3) is 0 Å². The smallest absolute Gasteiger partial charge is 0.229 e. The zero-order valence-corrected chi connectivity index (χ0v) is 10.6. The Morgan fingerprint density at radius 1 is 1.61 bits per heavy atom. The maximum Gasteiger partial charge on any atom is 0.229 e. The fraction of sp³-hybridized carbons (Fsp3) is 0.727. The van der Waals surface area contributed by atoms with Crippen LogP contribution in [0.3, 0.4) is 0 Å². The third kappa shape index (κ3) is 3.78. The lowest BCUT2D eigenvalue weighted by molar-refractivity contribution is -0.117. The normalized spacial score (nSPS) is 16.7. The summed E-state index contributed by atoms with van der Waals surface area (Å²) in [7, 11) is 1.73. The SMILES string of the molecule is Cn1ncnc1NC(=O)CCOC1CCNCC1. The Bertz CT molecular complexity index is 387. The van der Waals surface area contributed by atoms with Crippen LogP contribution in [0.5, 0.6) is 0 Å². The first-order valence-corrected chi connectivity index (χ1v) is 6.22. The molecular weight excluding hydrogens is 234 g/mol. The predicted molar refractivity (Wildman–Crippen MR) is 66.1 cm³/mol. The van der Waals surface area contributed by atoms with Crippen molar-refractivity contribution in [3.8, 4) is 0 Å². The predicted octanol–water partition coefficient (Wildman–Crippen LogP) is -0.0877. The molecule has 1 aliphatic rings. The third-order valence-electron chi connectivity index (χ3n) is 2.93. The number of carbonyl (C=O) groups is 1. The van der Waals surface area contributed by atoms with Crippen LogP contribution in [-0.4, -0.2) is 46.5 Å². The summed E-state index contributed by atoms with van der Waals surface area (Å²) in [5.74, 6) is 0.363. The number of nitrogens with one attached hydrogen (secondary N) is 2. The molecule has 0 unspecified atom stereocenters. The monoisotopic (exact) mass is 253 g/mol. The lowest BCUT2D eigenvalue weighted by Crippen LogP contribution is -2.33. The van der Waals surface area contributed by atoms with Gasteiger partial charge in [-0.15, -0.1) is 0 Å². The summed E-state index contributed by atoms with van der Waals surface area (Å²) < 4.78 is 7.18. The molecule has 100 valence electrons. The number of nitrogens with zero attached hydrogens (tertiary/aromatic N) is 3. The van der Waals surface area contributed by atoms with Crippen molar-refractivity contribution in [1.29, 1.82) is 0 Å². The van der Waals surface area contributed by atoms with Crippen molar-refractivity contribution < 1.29 is 9.53 Å². The molecule has 2 N–H and O–H groups in total. The molecule has 18 heavy (non-hydrogen) atoms. The number of anilines is 1. The molecule has 1 saturated heterocycles. The molecule has 2 heterocycles. The van der Waals surface area contributed by atoms with Gasteiger partial charge in [-0.3, -0.25) is 10.1 Å². The molecular formula is C11H19N5O2. The summed E-state index contributed by atoms with van der Waals surface area (Å²) in [6.45, 7) is 2.44. The number of rotatable bonds is 5. The Balaban J connectivity index is 1.64. The molecule has 1 aromatic heterocycles. The summed E-state index contributed by atoms with van der Waals surface area (Å²) in [5.41, 5.74) is 0. The van der Waals surface area contributed by atoms with E-state index in [-0.39, 0.29) is 12.0 Å². The first-order chi connectivity index (χ1) is 8.75. The summed E-state index contributed by atoms with van der Waals surface area (Å²) >= 11 is 0. The molecule has 2 rings (SSSR count). The van der Waals surface area contributed by atoms with Gasteiger partial charge < -0.3 is 10.1 Å². The van der Waals surface area contributed by atoms with Gasteiger partial charge in [-0.25, -0.2) is 4.68 Å². The van der Waals surface area contributed by atoms with Crippen molar-refractivity contribution >= 4 is 11.9 Å². The highest BCUT2D eigenvalue weighted by atomic mass is 16.5. The van der Waals surface area contributed by atoms with E-state index in [1.54, 1.807) is 7.05 Å². The summed E-state index contributed by atoms with van der Waals surface area (Å²) in [5, 5.41) is 9.83. The quantitative estimate of drug-likeness (QED) is 0.766. The second-order valence-corrected chi connectivity index (χ2v) is 4.33. The molecule has 7 heteroatoms. The number of piperidine rings is 1. The standard InChI is InChI=1S/C11H19N5O2/c1-16-11(13-8-14-16)15-10(17)4-7-18-9-2-5-12-6-3-9/h8-9,12H,2-7H2,1H3,(H,13,14,15,17). The van der Waals surface area contributed by atoms with Crippen molar-refractivity contribution in [2.75, 3.05) is 25.0 Å². The Morgan fingerprint density at radius 3 is 3.06 bits per heavy atom. The molecule has 1 amide bonds. The van der Waals surface area contributed by atoms with Gasteiger partial charge in [-0.2, -0.15) is 10.1 Å². The van der Waals surface area contributed by atoms with Gasteiger partial charge in [-0.1, -0.05) is 0 Å². The van der Waals surface area contributed by atoms with Crippen LogP contribution in [0, 0.1) is 0 Å². The van der Waals surface area contributed by atoms with E-state index in [0.717, 1.165) is 25.9 Å². The molecule has 1 fully saturated rings. The van der Waals surface area contributed by atoms with Crippen molar-refractivity contribution in [2.45, 2.75) is 25.4 Å². The molecule has 0 spiro atoms. The highest BCUT2D eigenvalue weighted by Gasteiger charge is 2.14. The highest BCUT2D eigenvalue weighted by Crippen LogP contribution is 2.07. The first-order valence-electron chi connectivity index (χ1n) is 6.22. The van der Waals surface area contributed by atoms with Gasteiger partial charge >= 0.3 is 0 Å². The number of carbonyl (C=O) groups excluding carboxylic acids is 1. The number of hydrogen-bond acceptors (Lipinski definition) is 5. The third-order valence-corrected chi connectivity index (χ3v) is 2.93. The van der Waals surface area contributed by atoms with Crippen LogP contribution in [-0.2, 0) is 16.6 Å². The topological polar surface area (TPSA) is 81.1 Å². The second-order valence-electron chi connectivity index (χ2n) is 4.33. The maximum absolute atomic E-state index is 11.6. The van der Waals surface area contributed by atoms with Crippen LogP contribution in [0.2, 0.25) is 0 Å². The lowest BCUT2D eigenvalue weighted by atomic mass is 10.1. The molecule has 0 aromatic carbocycles. The Morgan fingerprint density at radius 2 is 2.39 bits per heavy atom. The zero-order chi connectivity index (χ0) is 12.8. The van der Waals surface area contributed by atoms with Gasteiger partial charge in [0.1, 0.15) is 6.33 Å². The van der Waals surface area contributed by atoms with E-state index in [4.69, 9.17) is 4.74 Å². The van der Waals surface area contributed by atoms with E-state index < -0.39 is 0 Å². The zero-order valence-electron chi connectivity index (χ0n) is 10.6. The average molecular weight is 253 g/mol. The van der Waals surface area contributed by atoms with Gasteiger partial charge in [0.2, 0.25) is 11.9 Å². The van der Waals surface area contributed by atoms with Gasteiger partial charge in [0.05, 0.1) is 19.1 Å². The summed E-state index contributed by atoms with van der Waals surface area (Å²) in [6, 6.07) is 0. The molecule has 0 atom stereocenters. The number of hydrogen-bond donors (Lipinski definition) is 2.